The second-order valence-electron chi connectivity index (χ2n) is 4.96. The summed E-state index contributed by atoms with van der Waals surface area (Å²) in [7, 11) is 0. The summed E-state index contributed by atoms with van der Waals surface area (Å²) in [5, 5.41) is 2.70. The van der Waals surface area contributed by atoms with Gasteiger partial charge in [-0.1, -0.05) is 41.9 Å². The van der Waals surface area contributed by atoms with Crippen LogP contribution in [0.15, 0.2) is 28.7 Å². The van der Waals surface area contributed by atoms with Gasteiger partial charge < -0.3 is 10.2 Å². The van der Waals surface area contributed by atoms with Crippen LogP contribution in [0.25, 0.3) is 0 Å². The molecule has 1 rings (SSSR count). The maximum Gasteiger partial charge on any atom is 0.241 e. The summed E-state index contributed by atoms with van der Waals surface area (Å²) >= 11 is 3.38. The minimum absolute atomic E-state index is 0.0127. The molecule has 0 unspecified atom stereocenters. The lowest BCUT2D eigenvalue weighted by molar-refractivity contribution is -0.132. The maximum atomic E-state index is 12.0. The summed E-state index contributed by atoms with van der Waals surface area (Å²) in [6.07, 6.45) is 2.14. The van der Waals surface area contributed by atoms with Crippen LogP contribution in [0.5, 0.6) is 0 Å². The van der Waals surface area contributed by atoms with Crippen molar-refractivity contribution in [2.75, 3.05) is 19.6 Å². The van der Waals surface area contributed by atoms with Crippen LogP contribution in [0.4, 0.5) is 0 Å². The highest BCUT2D eigenvalue weighted by atomic mass is 79.9. The first-order valence-electron chi connectivity index (χ1n) is 7.35. The highest BCUT2D eigenvalue weighted by molar-refractivity contribution is 9.10. The Morgan fingerprint density at radius 1 is 1.19 bits per heavy atom. The van der Waals surface area contributed by atoms with E-state index in [1.54, 1.807) is 4.90 Å². The van der Waals surface area contributed by atoms with Crippen molar-refractivity contribution in [2.24, 2.45) is 0 Å². The van der Waals surface area contributed by atoms with Crippen LogP contribution in [0.3, 0.4) is 0 Å². The molecule has 2 amide bonds. The monoisotopic (exact) mass is 354 g/mol. The molecule has 0 saturated heterocycles. The molecular formula is C16H23BrN2O2. The Bertz CT molecular complexity index is 471. The number of hydrogen-bond donors (Lipinski definition) is 1. The van der Waals surface area contributed by atoms with Crippen molar-refractivity contribution in [1.29, 1.82) is 0 Å². The molecule has 0 saturated carbocycles. The SMILES string of the molecule is CCCN(CCC)C(=O)CNC(=O)Cc1cccc(Br)c1. The van der Waals surface area contributed by atoms with E-state index in [9.17, 15) is 9.59 Å². The zero-order valence-corrected chi connectivity index (χ0v) is 14.3. The molecule has 0 aromatic heterocycles. The van der Waals surface area contributed by atoms with Gasteiger partial charge in [0, 0.05) is 17.6 Å². The Morgan fingerprint density at radius 2 is 1.86 bits per heavy atom. The molecule has 0 spiro atoms. The molecule has 0 fully saturated rings. The summed E-state index contributed by atoms with van der Waals surface area (Å²) < 4.78 is 0.945. The van der Waals surface area contributed by atoms with E-state index < -0.39 is 0 Å². The molecule has 1 aromatic carbocycles. The Hall–Kier alpha value is -1.36. The molecule has 0 aliphatic heterocycles. The van der Waals surface area contributed by atoms with E-state index in [1.807, 2.05) is 38.1 Å². The van der Waals surface area contributed by atoms with Crippen LogP contribution >= 0.6 is 15.9 Å². The van der Waals surface area contributed by atoms with Gasteiger partial charge in [-0.25, -0.2) is 0 Å². The highest BCUT2D eigenvalue weighted by Gasteiger charge is 2.13. The first-order valence-corrected chi connectivity index (χ1v) is 8.15. The van der Waals surface area contributed by atoms with Gasteiger partial charge in [0.2, 0.25) is 11.8 Å². The van der Waals surface area contributed by atoms with E-state index in [0.717, 1.165) is 36.0 Å². The second-order valence-corrected chi connectivity index (χ2v) is 5.88. The third-order valence-corrected chi connectivity index (χ3v) is 3.52. The Balaban J connectivity index is 2.42. The molecule has 0 bridgehead atoms. The largest absolute Gasteiger partial charge is 0.347 e. The summed E-state index contributed by atoms with van der Waals surface area (Å²) in [5.74, 6) is -0.143. The van der Waals surface area contributed by atoms with Crippen LogP contribution in [0.2, 0.25) is 0 Å². The number of nitrogens with one attached hydrogen (secondary N) is 1. The minimum atomic E-state index is -0.130. The van der Waals surface area contributed by atoms with E-state index >= 15 is 0 Å². The molecule has 116 valence electrons. The van der Waals surface area contributed by atoms with Crippen molar-refractivity contribution in [2.45, 2.75) is 33.1 Å². The summed E-state index contributed by atoms with van der Waals surface area (Å²) in [6.45, 7) is 5.65. The average molecular weight is 355 g/mol. The van der Waals surface area contributed by atoms with Crippen molar-refractivity contribution in [3.8, 4) is 0 Å². The van der Waals surface area contributed by atoms with Gasteiger partial charge in [0.1, 0.15) is 0 Å². The van der Waals surface area contributed by atoms with Crippen molar-refractivity contribution in [1.82, 2.24) is 10.2 Å². The molecule has 4 nitrogen and oxygen atoms in total. The fourth-order valence-electron chi connectivity index (χ4n) is 2.08. The molecule has 0 aliphatic rings. The van der Waals surface area contributed by atoms with E-state index in [0.29, 0.717) is 0 Å². The first kappa shape index (κ1) is 17.7. The number of hydrogen-bond acceptors (Lipinski definition) is 2. The number of benzene rings is 1. The lowest BCUT2D eigenvalue weighted by atomic mass is 10.1. The van der Waals surface area contributed by atoms with Gasteiger partial charge in [-0.2, -0.15) is 0 Å². The Labute approximate surface area is 135 Å². The molecule has 0 heterocycles. The summed E-state index contributed by atoms with van der Waals surface area (Å²) in [4.78, 5) is 25.7. The third kappa shape index (κ3) is 6.76. The van der Waals surface area contributed by atoms with Crippen molar-refractivity contribution >= 4 is 27.7 Å². The third-order valence-electron chi connectivity index (χ3n) is 3.03. The summed E-state index contributed by atoms with van der Waals surface area (Å²) in [6, 6.07) is 7.61. The van der Waals surface area contributed by atoms with Gasteiger partial charge in [0.15, 0.2) is 0 Å². The average Bonchev–Trinajstić information content (AvgIpc) is 2.44. The number of amides is 2. The number of carbonyl (C=O) groups excluding carboxylic acids is 2. The smallest absolute Gasteiger partial charge is 0.241 e. The molecule has 1 N–H and O–H groups in total. The first-order chi connectivity index (χ1) is 10.1. The predicted octanol–water partition coefficient (Wildman–Crippen LogP) is 2.76. The lowest BCUT2D eigenvalue weighted by Gasteiger charge is -2.21. The highest BCUT2D eigenvalue weighted by Crippen LogP contribution is 2.11. The van der Waals surface area contributed by atoms with Crippen molar-refractivity contribution in [3.05, 3.63) is 34.3 Å². The van der Waals surface area contributed by atoms with E-state index in [-0.39, 0.29) is 24.8 Å². The standard InChI is InChI=1S/C16H23BrN2O2/c1-3-8-19(9-4-2)16(21)12-18-15(20)11-13-6-5-7-14(17)10-13/h5-7,10H,3-4,8-9,11-12H2,1-2H3,(H,18,20). The van der Waals surface area contributed by atoms with Gasteiger partial charge in [0.25, 0.3) is 0 Å². The van der Waals surface area contributed by atoms with Crippen molar-refractivity contribution < 1.29 is 9.59 Å². The van der Waals surface area contributed by atoms with E-state index in [4.69, 9.17) is 0 Å². The number of rotatable bonds is 8. The minimum Gasteiger partial charge on any atom is -0.347 e. The predicted molar refractivity (Wildman–Crippen MR) is 88.0 cm³/mol. The fourth-order valence-corrected chi connectivity index (χ4v) is 2.53. The molecule has 0 radical (unpaired) electrons. The molecular weight excluding hydrogens is 332 g/mol. The molecule has 1 aromatic rings. The van der Waals surface area contributed by atoms with Gasteiger partial charge in [-0.15, -0.1) is 0 Å². The van der Waals surface area contributed by atoms with Crippen LogP contribution in [-0.4, -0.2) is 36.3 Å². The number of carbonyl (C=O) groups is 2. The molecule has 21 heavy (non-hydrogen) atoms. The summed E-state index contributed by atoms with van der Waals surface area (Å²) in [5.41, 5.74) is 0.924. The van der Waals surface area contributed by atoms with Crippen LogP contribution < -0.4 is 5.32 Å². The Kier molecular flexibility index (Phi) is 8.05. The number of halogens is 1. The van der Waals surface area contributed by atoms with Crippen LogP contribution in [0.1, 0.15) is 32.3 Å². The van der Waals surface area contributed by atoms with Crippen molar-refractivity contribution in [3.63, 3.8) is 0 Å². The second kappa shape index (κ2) is 9.55. The van der Waals surface area contributed by atoms with Gasteiger partial charge >= 0.3 is 0 Å². The molecule has 0 aliphatic carbocycles. The maximum absolute atomic E-state index is 12.0. The Morgan fingerprint density at radius 3 is 2.43 bits per heavy atom. The van der Waals surface area contributed by atoms with E-state index in [1.165, 1.54) is 0 Å². The van der Waals surface area contributed by atoms with Gasteiger partial charge in [-0.3, -0.25) is 9.59 Å². The molecule has 5 heteroatoms. The topological polar surface area (TPSA) is 49.4 Å². The van der Waals surface area contributed by atoms with Gasteiger partial charge in [0.05, 0.1) is 13.0 Å². The van der Waals surface area contributed by atoms with Gasteiger partial charge in [-0.05, 0) is 30.5 Å². The number of nitrogens with zero attached hydrogens (tertiary/aromatic N) is 1. The quantitative estimate of drug-likeness (QED) is 0.780. The normalized spacial score (nSPS) is 10.2. The molecule has 0 atom stereocenters. The lowest BCUT2D eigenvalue weighted by Crippen LogP contribution is -2.41. The van der Waals surface area contributed by atoms with Crippen LogP contribution in [0, 0.1) is 0 Å². The van der Waals surface area contributed by atoms with E-state index in [2.05, 4.69) is 21.2 Å². The zero-order valence-electron chi connectivity index (χ0n) is 12.7. The fraction of sp³-hybridized carbons (Fsp3) is 0.500. The van der Waals surface area contributed by atoms with Crippen LogP contribution in [-0.2, 0) is 16.0 Å². The zero-order chi connectivity index (χ0) is 15.7.